The van der Waals surface area contributed by atoms with Crippen LogP contribution in [-0.2, 0) is 0 Å². The summed E-state index contributed by atoms with van der Waals surface area (Å²) in [6.45, 7) is 8.08. The van der Waals surface area contributed by atoms with Gasteiger partial charge in [0.2, 0.25) is 0 Å². The van der Waals surface area contributed by atoms with Crippen LogP contribution in [0.25, 0.3) is 0 Å². The molecule has 1 heterocycles. The fourth-order valence-corrected chi connectivity index (χ4v) is 3.65. The Balaban J connectivity index is 2.87. The predicted molar refractivity (Wildman–Crippen MR) is 89.4 cm³/mol. The number of nitrogens with two attached hydrogens (primary N) is 2. The molecule has 0 saturated carbocycles. The molecule has 0 bridgehead atoms. The Morgan fingerprint density at radius 1 is 0.909 bits per heavy atom. The summed E-state index contributed by atoms with van der Waals surface area (Å²) in [7, 11) is 0. The summed E-state index contributed by atoms with van der Waals surface area (Å²) in [5.74, 6) is -0.477. The van der Waals surface area contributed by atoms with E-state index in [9.17, 15) is 10.5 Å². The maximum Gasteiger partial charge on any atom is 0.0985 e. The van der Waals surface area contributed by atoms with E-state index in [1.165, 1.54) is 0 Å². The Morgan fingerprint density at radius 3 is 1.68 bits per heavy atom. The van der Waals surface area contributed by atoms with E-state index in [-0.39, 0.29) is 0 Å². The highest BCUT2D eigenvalue weighted by molar-refractivity contribution is 8.06. The van der Waals surface area contributed by atoms with E-state index < -0.39 is 5.92 Å². The molecule has 0 spiro atoms. The topological polar surface area (TPSA) is 99.6 Å². The first kappa shape index (κ1) is 16.0. The number of aryl methyl sites for hydroxylation is 2. The van der Waals surface area contributed by atoms with Gasteiger partial charge >= 0.3 is 0 Å². The monoisotopic (exact) mass is 310 g/mol. The molecular weight excluding hydrogens is 292 g/mol. The van der Waals surface area contributed by atoms with E-state index in [4.69, 9.17) is 11.5 Å². The van der Waals surface area contributed by atoms with Gasteiger partial charge in [0, 0.05) is 0 Å². The summed E-state index contributed by atoms with van der Waals surface area (Å²) in [5, 5.41) is 19.8. The average molecular weight is 310 g/mol. The molecule has 0 radical (unpaired) electrons. The van der Waals surface area contributed by atoms with Crippen molar-refractivity contribution >= 4 is 11.8 Å². The SMILES string of the molecule is Cc1cc(C)c(C)c(C2C(C#N)=C(N)SC(N)=C2C#N)c1C. The van der Waals surface area contributed by atoms with Crippen LogP contribution < -0.4 is 11.5 Å². The van der Waals surface area contributed by atoms with Gasteiger partial charge < -0.3 is 11.5 Å². The van der Waals surface area contributed by atoms with E-state index in [2.05, 4.69) is 18.2 Å². The van der Waals surface area contributed by atoms with Gasteiger partial charge in [0.05, 0.1) is 39.3 Å². The summed E-state index contributed by atoms with van der Waals surface area (Å²) in [4.78, 5) is 0. The van der Waals surface area contributed by atoms with Crippen LogP contribution >= 0.6 is 11.8 Å². The molecule has 2 rings (SSSR count). The predicted octanol–water partition coefficient (Wildman–Crippen LogP) is 3.14. The number of hydrogen-bond donors (Lipinski definition) is 2. The molecule has 112 valence electrons. The molecule has 0 aliphatic carbocycles. The molecular formula is C17H18N4S. The number of nitriles is 2. The van der Waals surface area contributed by atoms with Gasteiger partial charge in [0.25, 0.3) is 0 Å². The van der Waals surface area contributed by atoms with Crippen LogP contribution in [0, 0.1) is 50.4 Å². The lowest BCUT2D eigenvalue weighted by atomic mass is 9.79. The normalized spacial score (nSPS) is 15.7. The summed E-state index contributed by atoms with van der Waals surface area (Å²) in [6.07, 6.45) is 0. The standard InChI is InChI=1S/C17H18N4S/c1-8-5-9(2)11(4)14(10(8)3)15-12(6-18)16(20)22-17(21)13(15)7-19/h5,15H,20-21H2,1-4H3. The number of nitrogens with zero attached hydrogens (tertiary/aromatic N) is 2. The molecule has 1 aliphatic heterocycles. The second kappa shape index (κ2) is 5.79. The molecule has 5 heteroatoms. The van der Waals surface area contributed by atoms with Crippen molar-refractivity contribution in [3.05, 3.63) is 55.1 Å². The molecule has 4 nitrogen and oxygen atoms in total. The quantitative estimate of drug-likeness (QED) is 0.830. The third kappa shape index (κ3) is 2.34. The van der Waals surface area contributed by atoms with Crippen LogP contribution in [0.2, 0.25) is 0 Å². The first-order chi connectivity index (χ1) is 10.3. The Bertz CT molecular complexity index is 741. The molecule has 0 unspecified atom stereocenters. The summed E-state index contributed by atoms with van der Waals surface area (Å²) >= 11 is 1.09. The molecule has 0 saturated heterocycles. The highest BCUT2D eigenvalue weighted by Crippen LogP contribution is 2.45. The third-order valence-electron chi connectivity index (χ3n) is 4.28. The van der Waals surface area contributed by atoms with Crippen LogP contribution in [0.15, 0.2) is 27.3 Å². The molecule has 1 aromatic carbocycles. The maximum atomic E-state index is 9.54. The second-order valence-corrected chi connectivity index (χ2v) is 6.57. The van der Waals surface area contributed by atoms with Gasteiger partial charge in [0.15, 0.2) is 0 Å². The van der Waals surface area contributed by atoms with E-state index in [1.807, 2.05) is 27.7 Å². The van der Waals surface area contributed by atoms with Gasteiger partial charge in [-0.25, -0.2) is 0 Å². The lowest BCUT2D eigenvalue weighted by Crippen LogP contribution is -2.20. The van der Waals surface area contributed by atoms with Crippen LogP contribution in [0.1, 0.15) is 33.7 Å². The largest absolute Gasteiger partial charge is 0.392 e. The van der Waals surface area contributed by atoms with Crippen molar-refractivity contribution in [3.8, 4) is 12.1 Å². The van der Waals surface area contributed by atoms with Gasteiger partial charge in [0.1, 0.15) is 0 Å². The van der Waals surface area contributed by atoms with Gasteiger partial charge in [-0.1, -0.05) is 17.8 Å². The molecule has 0 aromatic heterocycles. The van der Waals surface area contributed by atoms with Gasteiger partial charge in [-0.05, 0) is 55.5 Å². The Kier molecular flexibility index (Phi) is 4.21. The fraction of sp³-hybridized carbons (Fsp3) is 0.294. The van der Waals surface area contributed by atoms with E-state index in [1.54, 1.807) is 0 Å². The zero-order valence-corrected chi connectivity index (χ0v) is 13.9. The zero-order valence-electron chi connectivity index (χ0n) is 13.1. The maximum absolute atomic E-state index is 9.54. The molecule has 22 heavy (non-hydrogen) atoms. The number of rotatable bonds is 1. The Hall–Kier alpha value is -2.37. The van der Waals surface area contributed by atoms with Gasteiger partial charge in [-0.15, -0.1) is 0 Å². The minimum absolute atomic E-state index is 0.377. The zero-order chi connectivity index (χ0) is 16.6. The third-order valence-corrected chi connectivity index (χ3v) is 5.16. The number of thioether (sulfide) groups is 1. The Labute approximate surface area is 135 Å². The van der Waals surface area contributed by atoms with Gasteiger partial charge in [-0.3, -0.25) is 0 Å². The van der Waals surface area contributed by atoms with Crippen molar-refractivity contribution in [2.75, 3.05) is 0 Å². The average Bonchev–Trinajstić information content (AvgIpc) is 2.45. The molecule has 0 fully saturated rings. The number of benzene rings is 1. The molecule has 0 atom stereocenters. The first-order valence-corrected chi connectivity index (χ1v) is 7.69. The van der Waals surface area contributed by atoms with E-state index in [0.29, 0.717) is 21.2 Å². The highest BCUT2D eigenvalue weighted by atomic mass is 32.2. The van der Waals surface area contributed by atoms with Gasteiger partial charge in [-0.2, -0.15) is 10.5 Å². The first-order valence-electron chi connectivity index (χ1n) is 6.88. The molecule has 0 amide bonds. The lowest BCUT2D eigenvalue weighted by molar-refractivity contribution is 0.922. The summed E-state index contributed by atoms with van der Waals surface area (Å²) < 4.78 is 0. The van der Waals surface area contributed by atoms with Crippen molar-refractivity contribution in [2.45, 2.75) is 33.6 Å². The van der Waals surface area contributed by atoms with Crippen molar-refractivity contribution < 1.29 is 0 Å². The number of allylic oxidation sites excluding steroid dienone is 2. The lowest BCUT2D eigenvalue weighted by Gasteiger charge is -2.27. The Morgan fingerprint density at radius 2 is 1.32 bits per heavy atom. The van der Waals surface area contributed by atoms with Crippen molar-refractivity contribution in [3.63, 3.8) is 0 Å². The number of hydrogen-bond acceptors (Lipinski definition) is 5. The molecule has 1 aromatic rings. The van der Waals surface area contributed by atoms with Crippen molar-refractivity contribution in [1.82, 2.24) is 0 Å². The minimum atomic E-state index is -0.477. The fourth-order valence-electron chi connectivity index (χ4n) is 2.87. The molecule has 1 aliphatic rings. The van der Waals surface area contributed by atoms with E-state index in [0.717, 1.165) is 39.6 Å². The summed E-state index contributed by atoms with van der Waals surface area (Å²) in [5.41, 5.74) is 18.2. The van der Waals surface area contributed by atoms with Crippen molar-refractivity contribution in [2.24, 2.45) is 11.5 Å². The van der Waals surface area contributed by atoms with Crippen LogP contribution in [0.5, 0.6) is 0 Å². The van der Waals surface area contributed by atoms with Crippen LogP contribution in [0.3, 0.4) is 0 Å². The van der Waals surface area contributed by atoms with Crippen LogP contribution in [0.4, 0.5) is 0 Å². The van der Waals surface area contributed by atoms with E-state index >= 15 is 0 Å². The highest BCUT2D eigenvalue weighted by Gasteiger charge is 2.33. The minimum Gasteiger partial charge on any atom is -0.392 e. The smallest absolute Gasteiger partial charge is 0.0985 e. The molecule has 4 N–H and O–H groups in total. The summed E-state index contributed by atoms with van der Waals surface area (Å²) in [6, 6.07) is 6.46. The van der Waals surface area contributed by atoms with Crippen LogP contribution in [-0.4, -0.2) is 0 Å². The van der Waals surface area contributed by atoms with Crippen molar-refractivity contribution in [1.29, 1.82) is 10.5 Å². The second-order valence-electron chi connectivity index (χ2n) is 5.49.